The Kier molecular flexibility index (Phi) is 8.16. The number of sulfonamides is 1. The van der Waals surface area contributed by atoms with Gasteiger partial charge < -0.3 is 15.3 Å². The Morgan fingerprint density at radius 2 is 1.65 bits per heavy atom. The molecule has 1 aliphatic heterocycles. The van der Waals surface area contributed by atoms with Crippen LogP contribution in [0.25, 0.3) is 0 Å². The Morgan fingerprint density at radius 1 is 1.00 bits per heavy atom. The SMILES string of the molecule is CCCNC(=O)CN1CCN(c2ccc(NS(=O)(=O)c3cc(C)cc(C)c3)cc2C(=O)O)CC1. The fourth-order valence-electron chi connectivity index (χ4n) is 4.02. The lowest BCUT2D eigenvalue weighted by atomic mass is 10.1. The van der Waals surface area contributed by atoms with Gasteiger partial charge in [0.15, 0.2) is 0 Å². The molecule has 0 aromatic heterocycles. The zero-order valence-corrected chi connectivity index (χ0v) is 20.6. The first-order chi connectivity index (χ1) is 16.1. The third-order valence-corrected chi connectivity index (χ3v) is 7.00. The first kappa shape index (κ1) is 25.5. The number of nitrogens with one attached hydrogen (secondary N) is 2. The maximum Gasteiger partial charge on any atom is 0.337 e. The molecule has 1 aliphatic rings. The molecule has 34 heavy (non-hydrogen) atoms. The van der Waals surface area contributed by atoms with Gasteiger partial charge in [0.05, 0.1) is 22.7 Å². The van der Waals surface area contributed by atoms with E-state index in [1.165, 1.54) is 6.07 Å². The lowest BCUT2D eigenvalue weighted by Crippen LogP contribution is -2.49. The number of carbonyl (C=O) groups excluding carboxylic acids is 1. The Morgan fingerprint density at radius 3 is 2.24 bits per heavy atom. The van der Waals surface area contributed by atoms with Crippen LogP contribution in [0, 0.1) is 13.8 Å². The minimum Gasteiger partial charge on any atom is -0.478 e. The molecule has 0 aliphatic carbocycles. The molecule has 1 fully saturated rings. The number of hydrogen-bond acceptors (Lipinski definition) is 6. The number of aryl methyl sites for hydroxylation is 2. The van der Waals surface area contributed by atoms with Crippen LogP contribution in [0.5, 0.6) is 0 Å². The molecule has 0 atom stereocenters. The first-order valence-corrected chi connectivity index (χ1v) is 12.8. The van der Waals surface area contributed by atoms with Crippen LogP contribution in [0.4, 0.5) is 11.4 Å². The van der Waals surface area contributed by atoms with E-state index in [0.717, 1.165) is 17.5 Å². The van der Waals surface area contributed by atoms with Gasteiger partial charge in [0.25, 0.3) is 10.0 Å². The van der Waals surface area contributed by atoms with Gasteiger partial charge in [0.1, 0.15) is 0 Å². The van der Waals surface area contributed by atoms with Crippen LogP contribution >= 0.6 is 0 Å². The van der Waals surface area contributed by atoms with Crippen molar-refractivity contribution in [1.29, 1.82) is 0 Å². The maximum absolute atomic E-state index is 12.9. The summed E-state index contributed by atoms with van der Waals surface area (Å²) in [4.78, 5) is 28.1. The molecule has 0 unspecified atom stereocenters. The van der Waals surface area contributed by atoms with Gasteiger partial charge in [0.2, 0.25) is 5.91 Å². The summed E-state index contributed by atoms with van der Waals surface area (Å²) in [5.41, 5.74) is 2.38. The van der Waals surface area contributed by atoms with Crippen LogP contribution in [0.15, 0.2) is 41.3 Å². The molecule has 0 spiro atoms. The molecule has 9 nitrogen and oxygen atoms in total. The van der Waals surface area contributed by atoms with Gasteiger partial charge in [-0.1, -0.05) is 13.0 Å². The number of piperazine rings is 1. The second kappa shape index (κ2) is 10.9. The Bertz CT molecular complexity index is 1140. The van der Waals surface area contributed by atoms with Crippen molar-refractivity contribution in [2.24, 2.45) is 0 Å². The molecule has 184 valence electrons. The average Bonchev–Trinajstić information content (AvgIpc) is 2.77. The van der Waals surface area contributed by atoms with E-state index in [4.69, 9.17) is 0 Å². The van der Waals surface area contributed by atoms with Gasteiger partial charge in [-0.15, -0.1) is 0 Å². The van der Waals surface area contributed by atoms with E-state index in [-0.39, 0.29) is 22.1 Å². The van der Waals surface area contributed by atoms with Crippen molar-refractivity contribution in [3.8, 4) is 0 Å². The first-order valence-electron chi connectivity index (χ1n) is 11.3. The van der Waals surface area contributed by atoms with Crippen LogP contribution < -0.4 is 14.9 Å². The number of carboxylic acids is 1. The summed E-state index contributed by atoms with van der Waals surface area (Å²) in [5.74, 6) is -1.15. The van der Waals surface area contributed by atoms with Crippen LogP contribution in [-0.2, 0) is 14.8 Å². The summed E-state index contributed by atoms with van der Waals surface area (Å²) in [6.45, 7) is 8.99. The van der Waals surface area contributed by atoms with E-state index in [9.17, 15) is 23.1 Å². The molecule has 1 heterocycles. The number of aromatic carboxylic acids is 1. The lowest BCUT2D eigenvalue weighted by molar-refractivity contribution is -0.122. The maximum atomic E-state index is 12.9. The van der Waals surface area contributed by atoms with Crippen molar-refractivity contribution in [2.45, 2.75) is 32.1 Å². The van der Waals surface area contributed by atoms with Crippen LogP contribution in [-0.4, -0.2) is 69.6 Å². The molecule has 0 radical (unpaired) electrons. The quantitative estimate of drug-likeness (QED) is 0.496. The van der Waals surface area contributed by atoms with E-state index < -0.39 is 16.0 Å². The smallest absolute Gasteiger partial charge is 0.337 e. The van der Waals surface area contributed by atoms with Crippen molar-refractivity contribution >= 4 is 33.3 Å². The lowest BCUT2D eigenvalue weighted by Gasteiger charge is -2.36. The predicted molar refractivity (Wildman–Crippen MR) is 132 cm³/mol. The van der Waals surface area contributed by atoms with Gasteiger partial charge in [-0.05, 0) is 61.7 Å². The monoisotopic (exact) mass is 488 g/mol. The Hall–Kier alpha value is -3.11. The minimum absolute atomic E-state index is 0.0121. The van der Waals surface area contributed by atoms with Crippen LogP contribution in [0.3, 0.4) is 0 Å². The molecule has 2 aromatic carbocycles. The Labute approximate surface area is 200 Å². The number of anilines is 2. The fraction of sp³-hybridized carbons (Fsp3) is 0.417. The van der Waals surface area contributed by atoms with Crippen molar-refractivity contribution in [3.05, 3.63) is 53.1 Å². The number of nitrogens with zero attached hydrogens (tertiary/aromatic N) is 2. The number of carbonyl (C=O) groups is 2. The topological polar surface area (TPSA) is 119 Å². The zero-order valence-electron chi connectivity index (χ0n) is 19.8. The largest absolute Gasteiger partial charge is 0.478 e. The van der Waals surface area contributed by atoms with E-state index in [2.05, 4.69) is 10.0 Å². The average molecular weight is 489 g/mol. The highest BCUT2D eigenvalue weighted by Crippen LogP contribution is 2.27. The molecule has 10 heteroatoms. The molecule has 2 aromatic rings. The van der Waals surface area contributed by atoms with Crippen molar-refractivity contribution in [1.82, 2.24) is 10.2 Å². The summed E-state index contributed by atoms with van der Waals surface area (Å²) in [6.07, 6.45) is 0.883. The number of amides is 1. The highest BCUT2D eigenvalue weighted by atomic mass is 32.2. The molecule has 1 amide bonds. The second-order valence-corrected chi connectivity index (χ2v) is 10.3. The van der Waals surface area contributed by atoms with Gasteiger partial charge in [-0.25, -0.2) is 13.2 Å². The third-order valence-electron chi connectivity index (χ3n) is 5.64. The predicted octanol–water partition coefficient (Wildman–Crippen LogP) is 2.45. The van der Waals surface area contributed by atoms with Gasteiger partial charge in [-0.3, -0.25) is 14.4 Å². The number of rotatable bonds is 9. The van der Waals surface area contributed by atoms with Crippen molar-refractivity contribution in [2.75, 3.05) is 48.9 Å². The number of carboxylic acid groups (broad SMARTS) is 1. The molecule has 1 saturated heterocycles. The molecular weight excluding hydrogens is 456 g/mol. The summed E-state index contributed by atoms with van der Waals surface area (Å²) in [5, 5.41) is 12.7. The van der Waals surface area contributed by atoms with E-state index in [1.807, 2.05) is 36.6 Å². The summed E-state index contributed by atoms with van der Waals surface area (Å²) >= 11 is 0. The molecule has 3 N–H and O–H groups in total. The molecule has 0 saturated carbocycles. The summed E-state index contributed by atoms with van der Waals surface area (Å²) in [7, 11) is -3.87. The van der Waals surface area contributed by atoms with Gasteiger partial charge >= 0.3 is 5.97 Å². The van der Waals surface area contributed by atoms with Crippen LogP contribution in [0.1, 0.15) is 34.8 Å². The fourth-order valence-corrected chi connectivity index (χ4v) is 5.26. The second-order valence-electron chi connectivity index (χ2n) is 8.58. The standard InChI is InChI=1S/C24H32N4O5S/c1-4-7-25-23(29)16-27-8-10-28(11-9-27)22-6-5-19(15-21(22)24(30)31)26-34(32,33)20-13-17(2)12-18(3)14-20/h5-6,12-15,26H,4,7-11,16H2,1-3H3,(H,25,29)(H,30,31). The summed E-state index contributed by atoms with van der Waals surface area (Å²) in [6, 6.07) is 9.59. The highest BCUT2D eigenvalue weighted by molar-refractivity contribution is 7.92. The molecule has 3 rings (SSSR count). The number of benzene rings is 2. The van der Waals surface area contributed by atoms with Crippen LogP contribution in [0.2, 0.25) is 0 Å². The highest BCUT2D eigenvalue weighted by Gasteiger charge is 2.24. The zero-order chi connectivity index (χ0) is 24.9. The van der Waals surface area contributed by atoms with Gasteiger partial charge in [0, 0.05) is 38.4 Å². The van der Waals surface area contributed by atoms with E-state index in [1.54, 1.807) is 24.3 Å². The minimum atomic E-state index is -3.87. The van der Waals surface area contributed by atoms with Gasteiger partial charge in [-0.2, -0.15) is 0 Å². The third kappa shape index (κ3) is 6.48. The van der Waals surface area contributed by atoms with E-state index in [0.29, 0.717) is 45.0 Å². The molecular formula is C24H32N4O5S. The van der Waals surface area contributed by atoms with E-state index >= 15 is 0 Å². The Balaban J connectivity index is 1.73. The molecule has 0 bridgehead atoms. The van der Waals surface area contributed by atoms with Crippen molar-refractivity contribution in [3.63, 3.8) is 0 Å². The normalized spacial score (nSPS) is 14.6. The number of hydrogen-bond donors (Lipinski definition) is 3. The van der Waals surface area contributed by atoms with Crippen molar-refractivity contribution < 1.29 is 23.1 Å². The summed E-state index contributed by atoms with van der Waals surface area (Å²) < 4.78 is 28.2.